The highest BCUT2D eigenvalue weighted by molar-refractivity contribution is 7.22. The number of hydrogen-bond acceptors (Lipinski definition) is 8. The topological polar surface area (TPSA) is 110 Å². The van der Waals surface area contributed by atoms with Crippen LogP contribution in [-0.2, 0) is 21.3 Å². The fraction of sp³-hybridized carbons (Fsp3) is 0.405. The number of benzene rings is 3. The van der Waals surface area contributed by atoms with Crippen LogP contribution in [0.15, 0.2) is 54.7 Å². The number of fused-ring (bicyclic) bond motifs is 2. The molecular weight excluding hydrogens is 662 g/mol. The summed E-state index contributed by atoms with van der Waals surface area (Å²) in [5.41, 5.74) is 5.14. The van der Waals surface area contributed by atoms with Crippen molar-refractivity contribution < 1.29 is 24.2 Å². The highest BCUT2D eigenvalue weighted by atomic mass is 35.5. The second kappa shape index (κ2) is 14.0. The number of aryl methyl sites for hydroxylation is 2. The lowest BCUT2D eigenvalue weighted by Gasteiger charge is -2.41. The summed E-state index contributed by atoms with van der Waals surface area (Å²) in [7, 11) is 1.91. The molecule has 3 heterocycles. The number of carboxylic acids is 1. The van der Waals surface area contributed by atoms with E-state index in [1.54, 1.807) is 4.90 Å². The van der Waals surface area contributed by atoms with Crippen molar-refractivity contribution in [1.29, 1.82) is 0 Å². The molecule has 10 nitrogen and oxygen atoms in total. The molecule has 1 aliphatic heterocycles. The number of rotatable bonds is 9. The van der Waals surface area contributed by atoms with Gasteiger partial charge in [-0.15, -0.1) is 0 Å². The molecule has 3 aromatic carbocycles. The van der Waals surface area contributed by atoms with Gasteiger partial charge in [0.05, 0.1) is 28.0 Å². The summed E-state index contributed by atoms with van der Waals surface area (Å²) >= 11 is 7.80. The second-order valence-corrected chi connectivity index (χ2v) is 14.9. The molecule has 0 spiro atoms. The molecule has 1 fully saturated rings. The van der Waals surface area contributed by atoms with Gasteiger partial charge in [-0.2, -0.15) is 5.10 Å². The minimum atomic E-state index is -1.14. The summed E-state index contributed by atoms with van der Waals surface area (Å²) in [6.07, 6.45) is 1.98. The third-order valence-electron chi connectivity index (χ3n) is 8.75. The van der Waals surface area contributed by atoms with Crippen LogP contribution in [0.5, 0.6) is 0 Å². The normalized spacial score (nSPS) is 16.0. The predicted octanol–water partition coefficient (Wildman–Crippen LogP) is 8.55. The van der Waals surface area contributed by atoms with Crippen LogP contribution < -0.4 is 4.90 Å². The van der Waals surface area contributed by atoms with Gasteiger partial charge in [0.25, 0.3) is 0 Å². The van der Waals surface area contributed by atoms with E-state index in [0.29, 0.717) is 36.8 Å². The molecule has 0 bridgehead atoms. The maximum atomic E-state index is 13.5. The number of carboxylic acid groups (broad SMARTS) is 1. The molecule has 12 heteroatoms. The first-order chi connectivity index (χ1) is 23.3. The lowest BCUT2D eigenvalue weighted by Crippen LogP contribution is -2.52. The van der Waals surface area contributed by atoms with Crippen LogP contribution in [-0.4, -0.2) is 68.7 Å². The van der Waals surface area contributed by atoms with Gasteiger partial charge in [-0.25, -0.2) is 14.6 Å². The smallest absolute Gasteiger partial charge is 0.410 e. The van der Waals surface area contributed by atoms with Gasteiger partial charge >= 0.3 is 12.1 Å². The molecule has 1 N–H and O–H groups in total. The van der Waals surface area contributed by atoms with Crippen molar-refractivity contribution in [3.8, 4) is 11.1 Å². The summed E-state index contributed by atoms with van der Waals surface area (Å²) in [4.78, 5) is 35.4. The van der Waals surface area contributed by atoms with Gasteiger partial charge in [-0.05, 0) is 81.1 Å². The summed E-state index contributed by atoms with van der Waals surface area (Å²) in [6, 6.07) is 15.3. The molecule has 1 amide bonds. The summed E-state index contributed by atoms with van der Waals surface area (Å²) in [6.45, 7) is 11.4. The number of halogens is 1. The van der Waals surface area contributed by atoms with E-state index in [1.165, 1.54) is 11.3 Å². The zero-order chi connectivity index (χ0) is 35.0. The van der Waals surface area contributed by atoms with Gasteiger partial charge in [-0.1, -0.05) is 54.5 Å². The van der Waals surface area contributed by atoms with Gasteiger partial charge in [0, 0.05) is 54.8 Å². The Kier molecular flexibility index (Phi) is 9.88. The molecule has 0 saturated carbocycles. The number of aromatic nitrogens is 3. The summed E-state index contributed by atoms with van der Waals surface area (Å²) in [5.74, 6) is -1.04. The van der Waals surface area contributed by atoms with Crippen LogP contribution in [0, 0.1) is 6.92 Å². The van der Waals surface area contributed by atoms with Crippen LogP contribution in [0.3, 0.4) is 0 Å². The SMILES string of the molecule is CCCCOC(C(=O)O)c1c(C)cc2nc(N3CCN(C(=O)OC(C)(C)C)C(c4ccc5c(cnn5C)c4)C3)sc2c1-c1ccc(Cl)cc1. The number of ether oxygens (including phenoxy) is 2. The Morgan fingerprint density at radius 3 is 2.57 bits per heavy atom. The van der Waals surface area contributed by atoms with E-state index in [9.17, 15) is 14.7 Å². The summed E-state index contributed by atoms with van der Waals surface area (Å²) < 4.78 is 14.6. The molecule has 0 radical (unpaired) electrons. The summed E-state index contributed by atoms with van der Waals surface area (Å²) in [5, 5.41) is 17.2. The zero-order valence-electron chi connectivity index (χ0n) is 28.7. The van der Waals surface area contributed by atoms with Gasteiger partial charge in [-0.3, -0.25) is 9.58 Å². The quantitative estimate of drug-likeness (QED) is 0.152. The Morgan fingerprint density at radius 2 is 1.88 bits per heavy atom. The first kappa shape index (κ1) is 34.7. The first-order valence-corrected chi connectivity index (χ1v) is 17.7. The van der Waals surface area contributed by atoms with E-state index >= 15 is 0 Å². The second-order valence-electron chi connectivity index (χ2n) is 13.5. The number of unbranched alkanes of at least 4 members (excludes halogenated alkanes) is 1. The molecule has 258 valence electrons. The third-order valence-corrected chi connectivity index (χ3v) is 10.2. The van der Waals surface area contributed by atoms with Crippen molar-refractivity contribution >= 4 is 61.3 Å². The number of thiazole rings is 1. The zero-order valence-corrected chi connectivity index (χ0v) is 30.3. The van der Waals surface area contributed by atoms with Crippen LogP contribution in [0.25, 0.3) is 32.2 Å². The Balaban J connectivity index is 1.44. The molecule has 2 aromatic heterocycles. The Morgan fingerprint density at radius 1 is 1.12 bits per heavy atom. The fourth-order valence-electron chi connectivity index (χ4n) is 6.37. The average Bonchev–Trinajstić information content (AvgIpc) is 3.65. The molecule has 2 atom stereocenters. The van der Waals surface area contributed by atoms with Crippen LogP contribution in [0.2, 0.25) is 5.02 Å². The van der Waals surface area contributed by atoms with Crippen molar-refractivity contribution in [3.05, 3.63) is 76.4 Å². The van der Waals surface area contributed by atoms with Gasteiger partial charge in [0.15, 0.2) is 11.2 Å². The van der Waals surface area contributed by atoms with Crippen molar-refractivity contribution in [3.63, 3.8) is 0 Å². The van der Waals surface area contributed by atoms with E-state index in [4.69, 9.17) is 26.1 Å². The number of anilines is 1. The fourth-order valence-corrected chi connectivity index (χ4v) is 7.66. The van der Waals surface area contributed by atoms with Gasteiger partial charge in [0.1, 0.15) is 5.60 Å². The molecule has 2 unspecified atom stereocenters. The number of hydrogen-bond donors (Lipinski definition) is 1. The van der Waals surface area contributed by atoms with E-state index in [1.807, 2.05) is 95.0 Å². The van der Waals surface area contributed by atoms with E-state index in [0.717, 1.165) is 61.3 Å². The maximum Gasteiger partial charge on any atom is 0.410 e. The largest absolute Gasteiger partial charge is 0.479 e. The van der Waals surface area contributed by atoms with E-state index < -0.39 is 17.7 Å². The van der Waals surface area contributed by atoms with E-state index in [2.05, 4.69) is 16.1 Å². The Labute approximate surface area is 295 Å². The molecule has 1 saturated heterocycles. The van der Waals surface area contributed by atoms with E-state index in [-0.39, 0.29) is 12.1 Å². The maximum absolute atomic E-state index is 13.5. The molecule has 1 aliphatic rings. The standard InChI is InChI=1S/C37H42ClN5O5S/c1-7-8-17-47-32(34(44)45)30-22(2)18-27-33(31(30)23-9-12-26(38)13-10-23)49-35(40-27)42-15-16-43(36(46)48-37(3,4)5)29(21-42)24-11-14-28-25(19-24)20-39-41(28)6/h9-14,18-20,29,32H,7-8,15-17,21H2,1-6H3,(H,44,45). The number of carbonyl (C=O) groups is 2. The highest BCUT2D eigenvalue weighted by Crippen LogP contribution is 2.44. The minimum absolute atomic E-state index is 0.309. The van der Waals surface area contributed by atoms with Crippen molar-refractivity contribution in [2.75, 3.05) is 31.1 Å². The molecule has 5 aromatic rings. The van der Waals surface area contributed by atoms with Crippen molar-refractivity contribution in [1.82, 2.24) is 19.7 Å². The molecule has 0 aliphatic carbocycles. The Bertz CT molecular complexity index is 2000. The number of amides is 1. The van der Waals surface area contributed by atoms with Gasteiger partial charge in [0.2, 0.25) is 0 Å². The Hall–Kier alpha value is -4.19. The third kappa shape index (κ3) is 7.25. The molecule has 6 rings (SSSR count). The van der Waals surface area contributed by atoms with Crippen LogP contribution in [0.1, 0.15) is 69.4 Å². The predicted molar refractivity (Wildman–Crippen MR) is 195 cm³/mol. The molecular formula is C37H42ClN5O5S. The van der Waals surface area contributed by atoms with Crippen molar-refractivity contribution in [2.24, 2.45) is 7.05 Å². The van der Waals surface area contributed by atoms with Crippen LogP contribution >= 0.6 is 22.9 Å². The number of piperazine rings is 1. The lowest BCUT2D eigenvalue weighted by molar-refractivity contribution is -0.151. The average molecular weight is 704 g/mol. The van der Waals surface area contributed by atoms with Gasteiger partial charge < -0.3 is 19.5 Å². The molecule has 49 heavy (non-hydrogen) atoms. The monoisotopic (exact) mass is 703 g/mol. The number of nitrogens with zero attached hydrogens (tertiary/aromatic N) is 5. The minimum Gasteiger partial charge on any atom is -0.479 e. The lowest BCUT2D eigenvalue weighted by atomic mass is 9.91. The number of aliphatic carboxylic acids is 1. The first-order valence-electron chi connectivity index (χ1n) is 16.5. The van der Waals surface area contributed by atoms with Crippen LogP contribution in [0.4, 0.5) is 9.93 Å². The van der Waals surface area contributed by atoms with Crippen molar-refractivity contribution in [2.45, 2.75) is 65.2 Å². The number of carbonyl (C=O) groups excluding carboxylic acids is 1. The highest BCUT2D eigenvalue weighted by Gasteiger charge is 2.36.